The molecular weight excluding hydrogens is 891 g/mol. The van der Waals surface area contributed by atoms with Gasteiger partial charge in [-0.15, -0.1) is 0 Å². The van der Waals surface area contributed by atoms with E-state index in [9.17, 15) is 0 Å². The molecule has 3 aliphatic rings. The highest BCUT2D eigenvalue weighted by Crippen LogP contribution is 2.61. The van der Waals surface area contributed by atoms with Crippen LogP contribution in [-0.2, 0) is 16.2 Å². The molecule has 0 saturated carbocycles. The first-order chi connectivity index (χ1) is 36.2. The van der Waals surface area contributed by atoms with Crippen molar-refractivity contribution < 1.29 is 0 Å². The minimum Gasteiger partial charge on any atom is -0.310 e. The van der Waals surface area contributed by atoms with E-state index in [0.29, 0.717) is 0 Å². The molecular formula is C73H55N. The Bertz CT molecular complexity index is 3870. The quantitative estimate of drug-likeness (QED) is 0.147. The molecule has 352 valence electrons. The van der Waals surface area contributed by atoms with Gasteiger partial charge in [-0.25, -0.2) is 0 Å². The highest BCUT2D eigenvalue weighted by molar-refractivity contribution is 6.00. The second-order valence-electron chi connectivity index (χ2n) is 21.6. The van der Waals surface area contributed by atoms with Gasteiger partial charge in [0.2, 0.25) is 0 Å². The number of hydrogen-bond donors (Lipinski definition) is 0. The number of rotatable bonds is 8. The second-order valence-corrected chi connectivity index (χ2v) is 21.6. The average molecular weight is 946 g/mol. The number of anilines is 3. The monoisotopic (exact) mass is 945 g/mol. The standard InChI is InChI=1S/C73H55N/c1-71(2)64-31-19-17-29-58(64)60-40-38-55(45-67(60)71)74(56-39-41-61-59-30-18-20-32-65(59)72(3,4)68(61)46-56)57-44-62(51-25-13-7-14-26-51)70-63-43-52(49-23-11-6-12-24-49)35-42-66(63)73(69(70)47-57,53-27-15-8-16-28-53)54-36-33-50(34-37-54)48-21-9-5-10-22-48/h5-47H,1-4H3. The number of nitrogens with zero attached hydrogens (tertiary/aromatic N) is 1. The fourth-order valence-corrected chi connectivity index (χ4v) is 13.4. The summed E-state index contributed by atoms with van der Waals surface area (Å²) in [6.45, 7) is 9.56. The molecule has 74 heavy (non-hydrogen) atoms. The first kappa shape index (κ1) is 44.0. The summed E-state index contributed by atoms with van der Waals surface area (Å²) in [5.41, 5.74) is 27.7. The topological polar surface area (TPSA) is 3.24 Å². The highest BCUT2D eigenvalue weighted by atomic mass is 15.1. The molecule has 0 fully saturated rings. The number of fused-ring (bicyclic) bond motifs is 9. The van der Waals surface area contributed by atoms with E-state index in [2.05, 4.69) is 293 Å². The summed E-state index contributed by atoms with van der Waals surface area (Å²) < 4.78 is 0. The SMILES string of the molecule is CC1(C)c2ccccc2-c2ccc(N(c3ccc4c(c3)C(C)(C)c3ccccc3-4)c3cc(-c4ccccc4)c4c(c3)C(c3ccccc3)(c3ccc(-c5ccccc5)cc3)c3ccc(-c5ccccc5)cc3-4)cc21. The van der Waals surface area contributed by atoms with Crippen LogP contribution < -0.4 is 4.90 Å². The van der Waals surface area contributed by atoms with Gasteiger partial charge in [0.15, 0.2) is 0 Å². The van der Waals surface area contributed by atoms with Crippen molar-refractivity contribution in [3.05, 3.63) is 305 Å². The van der Waals surface area contributed by atoms with Gasteiger partial charge in [-0.3, -0.25) is 0 Å². The van der Waals surface area contributed by atoms with E-state index in [0.717, 1.165) is 17.1 Å². The Morgan fingerprint density at radius 1 is 0.243 bits per heavy atom. The Kier molecular flexibility index (Phi) is 9.88. The normalized spacial score (nSPS) is 15.8. The number of hydrogen-bond acceptors (Lipinski definition) is 1. The smallest absolute Gasteiger partial charge is 0.0714 e. The van der Waals surface area contributed by atoms with E-state index >= 15 is 0 Å². The summed E-state index contributed by atoms with van der Waals surface area (Å²) in [4.78, 5) is 2.57. The molecule has 0 saturated heterocycles. The summed E-state index contributed by atoms with van der Waals surface area (Å²) >= 11 is 0. The zero-order valence-electron chi connectivity index (χ0n) is 42.3. The van der Waals surface area contributed by atoms with Gasteiger partial charge in [0, 0.05) is 27.9 Å². The number of benzene rings is 11. The summed E-state index contributed by atoms with van der Waals surface area (Å²) in [5.74, 6) is 0. The van der Waals surface area contributed by atoms with Gasteiger partial charge in [-0.2, -0.15) is 0 Å². The van der Waals surface area contributed by atoms with Gasteiger partial charge in [0.05, 0.1) is 5.41 Å². The minimum atomic E-state index is -0.690. The molecule has 1 heteroatoms. The van der Waals surface area contributed by atoms with Crippen molar-refractivity contribution in [2.24, 2.45) is 0 Å². The first-order valence-corrected chi connectivity index (χ1v) is 26.2. The van der Waals surface area contributed by atoms with Crippen LogP contribution in [0.15, 0.2) is 261 Å². The average Bonchev–Trinajstić information content (AvgIpc) is 3.98. The third-order valence-electron chi connectivity index (χ3n) is 17.0. The Morgan fingerprint density at radius 2 is 0.662 bits per heavy atom. The van der Waals surface area contributed by atoms with Crippen LogP contribution in [0, 0.1) is 0 Å². The summed E-state index contributed by atoms with van der Waals surface area (Å²) in [6.07, 6.45) is 0. The van der Waals surface area contributed by atoms with Gasteiger partial charge in [0.1, 0.15) is 0 Å². The lowest BCUT2D eigenvalue weighted by Crippen LogP contribution is -2.29. The van der Waals surface area contributed by atoms with Crippen molar-refractivity contribution >= 4 is 17.1 Å². The van der Waals surface area contributed by atoms with E-state index < -0.39 is 5.41 Å². The molecule has 0 N–H and O–H groups in total. The summed E-state index contributed by atoms with van der Waals surface area (Å²) in [5, 5.41) is 0. The predicted molar refractivity (Wildman–Crippen MR) is 310 cm³/mol. The summed E-state index contributed by atoms with van der Waals surface area (Å²) in [6, 6.07) is 98.2. The third-order valence-corrected chi connectivity index (χ3v) is 17.0. The van der Waals surface area contributed by atoms with Gasteiger partial charge in [-0.05, 0) is 154 Å². The molecule has 3 aliphatic carbocycles. The van der Waals surface area contributed by atoms with Crippen LogP contribution in [0.3, 0.4) is 0 Å². The minimum absolute atomic E-state index is 0.186. The molecule has 14 rings (SSSR count). The molecule has 1 unspecified atom stereocenters. The maximum Gasteiger partial charge on any atom is 0.0714 e. The van der Waals surface area contributed by atoms with Crippen LogP contribution in [0.2, 0.25) is 0 Å². The Labute approximate surface area is 435 Å². The lowest BCUT2D eigenvalue weighted by atomic mass is 9.67. The zero-order chi connectivity index (χ0) is 49.8. The Morgan fingerprint density at radius 3 is 1.22 bits per heavy atom. The Balaban J connectivity index is 1.09. The van der Waals surface area contributed by atoms with E-state index in [1.807, 2.05) is 0 Å². The van der Waals surface area contributed by atoms with Crippen molar-refractivity contribution in [1.29, 1.82) is 0 Å². The van der Waals surface area contributed by atoms with Gasteiger partial charge in [-0.1, -0.05) is 246 Å². The van der Waals surface area contributed by atoms with E-state index in [-0.39, 0.29) is 10.8 Å². The zero-order valence-corrected chi connectivity index (χ0v) is 42.3. The molecule has 0 heterocycles. The van der Waals surface area contributed by atoms with Gasteiger partial charge >= 0.3 is 0 Å². The molecule has 0 aliphatic heterocycles. The Hall–Kier alpha value is -8.78. The molecule has 0 spiro atoms. The van der Waals surface area contributed by atoms with Crippen LogP contribution in [0.4, 0.5) is 17.1 Å². The van der Waals surface area contributed by atoms with Crippen LogP contribution in [0.5, 0.6) is 0 Å². The second kappa shape index (κ2) is 16.6. The van der Waals surface area contributed by atoms with Crippen LogP contribution >= 0.6 is 0 Å². The summed E-state index contributed by atoms with van der Waals surface area (Å²) in [7, 11) is 0. The van der Waals surface area contributed by atoms with Gasteiger partial charge < -0.3 is 4.90 Å². The molecule has 0 aromatic heterocycles. The van der Waals surface area contributed by atoms with Gasteiger partial charge in [0.25, 0.3) is 0 Å². The fourth-order valence-electron chi connectivity index (χ4n) is 13.4. The van der Waals surface area contributed by atoms with Crippen molar-refractivity contribution in [1.82, 2.24) is 0 Å². The molecule has 0 bridgehead atoms. The fraction of sp³-hybridized carbons (Fsp3) is 0.0959. The molecule has 11 aromatic carbocycles. The van der Waals surface area contributed by atoms with E-state index in [1.54, 1.807) is 0 Å². The van der Waals surface area contributed by atoms with Crippen molar-refractivity contribution in [2.75, 3.05) is 4.90 Å². The molecule has 11 aromatic rings. The van der Waals surface area contributed by atoms with Crippen LogP contribution in [0.1, 0.15) is 72.2 Å². The molecule has 1 atom stereocenters. The van der Waals surface area contributed by atoms with Crippen molar-refractivity contribution in [2.45, 2.75) is 43.9 Å². The first-order valence-electron chi connectivity index (χ1n) is 26.2. The van der Waals surface area contributed by atoms with E-state index in [1.165, 1.54) is 111 Å². The van der Waals surface area contributed by atoms with E-state index in [4.69, 9.17) is 0 Å². The van der Waals surface area contributed by atoms with Crippen LogP contribution in [-0.4, -0.2) is 0 Å². The third kappa shape index (κ3) is 6.49. The van der Waals surface area contributed by atoms with Crippen molar-refractivity contribution in [3.63, 3.8) is 0 Å². The lowest BCUT2D eigenvalue weighted by Gasteiger charge is -2.36. The lowest BCUT2D eigenvalue weighted by molar-refractivity contribution is 0.660. The maximum atomic E-state index is 2.57. The largest absolute Gasteiger partial charge is 0.310 e. The maximum absolute atomic E-state index is 2.57. The van der Waals surface area contributed by atoms with Crippen LogP contribution in [0.25, 0.3) is 66.8 Å². The molecule has 0 radical (unpaired) electrons. The highest BCUT2D eigenvalue weighted by Gasteiger charge is 2.48. The predicted octanol–water partition coefficient (Wildman–Crippen LogP) is 19.1. The van der Waals surface area contributed by atoms with Crippen molar-refractivity contribution in [3.8, 4) is 66.8 Å². The molecule has 1 nitrogen and oxygen atoms in total. The molecule has 0 amide bonds.